The van der Waals surface area contributed by atoms with E-state index in [-0.39, 0.29) is 23.7 Å². The maximum absolute atomic E-state index is 12.0. The zero-order valence-electron chi connectivity index (χ0n) is 16.9. The van der Waals surface area contributed by atoms with Gasteiger partial charge >= 0.3 is 0 Å². The Bertz CT molecular complexity index is 572. The number of hydrogen-bond acceptors (Lipinski definition) is 2. The minimum atomic E-state index is -0.113. The molecule has 0 saturated carbocycles. The Balaban J connectivity index is 0.00000576. The summed E-state index contributed by atoms with van der Waals surface area (Å²) in [5.74, 6) is 0.468. The predicted octanol–water partition coefficient (Wildman–Crippen LogP) is 0.147. The minimum Gasteiger partial charge on any atom is -1.00 e. The van der Waals surface area contributed by atoms with Gasteiger partial charge in [0.2, 0.25) is 5.91 Å². The number of benzene rings is 1. The van der Waals surface area contributed by atoms with Gasteiger partial charge in [0.15, 0.2) is 0 Å². The lowest BCUT2D eigenvalue weighted by Gasteiger charge is -2.23. The van der Waals surface area contributed by atoms with Gasteiger partial charge in [-0.1, -0.05) is 32.9 Å². The molecule has 144 valence electrons. The van der Waals surface area contributed by atoms with Gasteiger partial charge in [-0.3, -0.25) is 4.79 Å². The fourth-order valence-corrected chi connectivity index (χ4v) is 2.70. The number of rotatable bonds is 7. The van der Waals surface area contributed by atoms with Gasteiger partial charge in [-0.15, -0.1) is 0 Å². The number of nitrogens with zero attached hydrogens (tertiary/aromatic N) is 1. The van der Waals surface area contributed by atoms with E-state index in [2.05, 4.69) is 47.2 Å². The first-order valence-corrected chi connectivity index (χ1v) is 8.80. The van der Waals surface area contributed by atoms with Gasteiger partial charge in [0, 0.05) is 19.4 Å². The number of nitrogens with one attached hydrogen (secondary N) is 1. The number of amides is 1. The number of carbonyl (C=O) groups is 1. The molecule has 0 bridgehead atoms. The Morgan fingerprint density at radius 2 is 1.80 bits per heavy atom. The Labute approximate surface area is 159 Å². The number of carbonyl (C=O) groups excluding carboxylic acids is 1. The average molecular weight is 371 g/mol. The standard InChI is InChI=1S/C20H34N2O2.ClH/c1-15-13-16(14-17(19(15)24)20(2,3)4)9-10-18(23)21-11-8-12-22(5,6)7;/h13-14H,8-12H2,1-7H3,(H-,21,23,24);1H. The number of phenols is 1. The second kappa shape index (κ2) is 9.44. The highest BCUT2D eigenvalue weighted by Crippen LogP contribution is 2.34. The molecule has 0 unspecified atom stereocenters. The molecular weight excluding hydrogens is 336 g/mol. The minimum absolute atomic E-state index is 0. The third kappa shape index (κ3) is 8.59. The highest BCUT2D eigenvalue weighted by molar-refractivity contribution is 5.76. The molecule has 5 heteroatoms. The third-order valence-electron chi connectivity index (χ3n) is 4.14. The SMILES string of the molecule is Cc1cc(CCC(=O)NCCC[N+](C)(C)C)cc(C(C)(C)C)c1O.[Cl-]. The first kappa shape index (κ1) is 23.7. The highest BCUT2D eigenvalue weighted by atomic mass is 35.5. The summed E-state index contributed by atoms with van der Waals surface area (Å²) in [5.41, 5.74) is 2.82. The van der Waals surface area contributed by atoms with E-state index in [1.165, 1.54) is 0 Å². The summed E-state index contributed by atoms with van der Waals surface area (Å²) < 4.78 is 0.915. The number of halogens is 1. The lowest BCUT2D eigenvalue weighted by Crippen LogP contribution is -3.00. The molecular formula is C20H35ClN2O2. The lowest BCUT2D eigenvalue weighted by atomic mass is 9.83. The fraction of sp³-hybridized carbons (Fsp3) is 0.650. The Morgan fingerprint density at radius 1 is 1.20 bits per heavy atom. The van der Waals surface area contributed by atoms with Crippen molar-refractivity contribution in [3.63, 3.8) is 0 Å². The number of aromatic hydroxyl groups is 1. The van der Waals surface area contributed by atoms with Crippen LogP contribution < -0.4 is 17.7 Å². The van der Waals surface area contributed by atoms with Crippen molar-refractivity contribution in [3.8, 4) is 5.75 Å². The van der Waals surface area contributed by atoms with E-state index in [9.17, 15) is 9.90 Å². The van der Waals surface area contributed by atoms with Crippen LogP contribution in [0.5, 0.6) is 5.75 Å². The number of phenolic OH excluding ortho intramolecular Hbond substituents is 1. The molecule has 0 heterocycles. The number of aryl methyl sites for hydroxylation is 2. The molecule has 0 radical (unpaired) electrons. The summed E-state index contributed by atoms with van der Waals surface area (Å²) in [6, 6.07) is 4.02. The molecule has 1 amide bonds. The van der Waals surface area contributed by atoms with Crippen LogP contribution in [0.1, 0.15) is 50.3 Å². The van der Waals surface area contributed by atoms with Crippen molar-refractivity contribution in [1.82, 2.24) is 5.32 Å². The van der Waals surface area contributed by atoms with E-state index < -0.39 is 0 Å². The van der Waals surface area contributed by atoms with Crippen LogP contribution in [0.25, 0.3) is 0 Å². The third-order valence-corrected chi connectivity index (χ3v) is 4.14. The van der Waals surface area contributed by atoms with E-state index in [0.29, 0.717) is 18.6 Å². The molecule has 0 aliphatic heterocycles. The molecule has 1 rings (SSSR count). The zero-order valence-corrected chi connectivity index (χ0v) is 17.6. The predicted molar refractivity (Wildman–Crippen MR) is 100 cm³/mol. The summed E-state index contributed by atoms with van der Waals surface area (Å²) in [4.78, 5) is 12.0. The maximum atomic E-state index is 12.0. The lowest BCUT2D eigenvalue weighted by molar-refractivity contribution is -0.870. The van der Waals surface area contributed by atoms with Crippen LogP contribution in [0.3, 0.4) is 0 Å². The second-order valence-corrected chi connectivity index (χ2v) is 8.78. The van der Waals surface area contributed by atoms with E-state index >= 15 is 0 Å². The molecule has 0 aliphatic rings. The zero-order chi connectivity index (χ0) is 18.5. The van der Waals surface area contributed by atoms with Crippen LogP contribution in [0, 0.1) is 6.92 Å². The van der Waals surface area contributed by atoms with Crippen molar-refractivity contribution in [1.29, 1.82) is 0 Å². The van der Waals surface area contributed by atoms with Gasteiger partial charge < -0.3 is 27.3 Å². The van der Waals surface area contributed by atoms with Crippen LogP contribution in [-0.4, -0.2) is 49.7 Å². The molecule has 0 spiro atoms. The van der Waals surface area contributed by atoms with E-state index in [1.54, 1.807) is 0 Å². The van der Waals surface area contributed by atoms with E-state index in [1.807, 2.05) is 19.1 Å². The maximum Gasteiger partial charge on any atom is 0.220 e. The van der Waals surface area contributed by atoms with Crippen molar-refractivity contribution >= 4 is 5.91 Å². The molecule has 4 nitrogen and oxygen atoms in total. The van der Waals surface area contributed by atoms with Gasteiger partial charge in [0.25, 0.3) is 0 Å². The first-order valence-electron chi connectivity index (χ1n) is 8.80. The monoisotopic (exact) mass is 370 g/mol. The largest absolute Gasteiger partial charge is 1.00 e. The van der Waals surface area contributed by atoms with Crippen molar-refractivity contribution in [2.24, 2.45) is 0 Å². The summed E-state index contributed by atoms with van der Waals surface area (Å²) in [6.45, 7) is 9.96. The Morgan fingerprint density at radius 3 is 2.32 bits per heavy atom. The first-order chi connectivity index (χ1) is 10.9. The van der Waals surface area contributed by atoms with Gasteiger partial charge in [-0.05, 0) is 35.4 Å². The van der Waals surface area contributed by atoms with E-state index in [4.69, 9.17) is 0 Å². The summed E-state index contributed by atoms with van der Waals surface area (Å²) in [7, 11) is 6.46. The topological polar surface area (TPSA) is 49.3 Å². The van der Waals surface area contributed by atoms with E-state index in [0.717, 1.165) is 40.7 Å². The van der Waals surface area contributed by atoms with Gasteiger partial charge in [-0.25, -0.2) is 0 Å². The Kier molecular flexibility index (Phi) is 8.97. The van der Waals surface area contributed by atoms with Crippen molar-refractivity contribution in [3.05, 3.63) is 28.8 Å². The average Bonchev–Trinajstić information content (AvgIpc) is 2.42. The highest BCUT2D eigenvalue weighted by Gasteiger charge is 2.20. The smallest absolute Gasteiger partial charge is 0.220 e. The number of quaternary nitrogens is 1. The van der Waals surface area contributed by atoms with Crippen molar-refractivity contribution in [2.45, 2.75) is 52.4 Å². The fourth-order valence-electron chi connectivity index (χ4n) is 2.70. The van der Waals surface area contributed by atoms with Crippen LogP contribution in [-0.2, 0) is 16.6 Å². The van der Waals surface area contributed by atoms with Crippen molar-refractivity contribution in [2.75, 3.05) is 34.2 Å². The molecule has 0 aromatic heterocycles. The van der Waals surface area contributed by atoms with Crippen LogP contribution in [0.4, 0.5) is 0 Å². The summed E-state index contributed by atoms with van der Waals surface area (Å²) >= 11 is 0. The molecule has 1 aromatic carbocycles. The molecule has 0 aliphatic carbocycles. The summed E-state index contributed by atoms with van der Waals surface area (Å²) in [6.07, 6.45) is 2.17. The molecule has 25 heavy (non-hydrogen) atoms. The summed E-state index contributed by atoms with van der Waals surface area (Å²) in [5, 5.41) is 13.3. The molecule has 1 aromatic rings. The molecule has 0 fully saturated rings. The number of hydrogen-bond donors (Lipinski definition) is 2. The molecule has 0 saturated heterocycles. The second-order valence-electron chi connectivity index (χ2n) is 8.78. The Hall–Kier alpha value is -1.26. The molecule has 0 atom stereocenters. The molecule has 2 N–H and O–H groups in total. The van der Waals surface area contributed by atoms with Crippen LogP contribution in [0.2, 0.25) is 0 Å². The normalized spacial score (nSPS) is 11.8. The van der Waals surface area contributed by atoms with Crippen LogP contribution in [0.15, 0.2) is 12.1 Å². The van der Waals surface area contributed by atoms with Gasteiger partial charge in [0.1, 0.15) is 5.75 Å². The van der Waals surface area contributed by atoms with Crippen molar-refractivity contribution < 1.29 is 26.8 Å². The van der Waals surface area contributed by atoms with Gasteiger partial charge in [0.05, 0.1) is 27.7 Å². The quantitative estimate of drug-likeness (QED) is 0.530. The van der Waals surface area contributed by atoms with Gasteiger partial charge in [-0.2, -0.15) is 0 Å². The van der Waals surface area contributed by atoms with Crippen LogP contribution >= 0.6 is 0 Å².